The van der Waals surface area contributed by atoms with Crippen LogP contribution in [-0.2, 0) is 4.79 Å². The number of nitrogens with one attached hydrogen (secondary N) is 1. The third kappa shape index (κ3) is 5.26. The first kappa shape index (κ1) is 15.4. The molecule has 0 saturated carbocycles. The quantitative estimate of drug-likeness (QED) is 0.788. The van der Waals surface area contributed by atoms with Gasteiger partial charge >= 0.3 is 5.97 Å². The lowest BCUT2D eigenvalue weighted by molar-refractivity contribution is -0.131. The summed E-state index contributed by atoms with van der Waals surface area (Å²) in [5.74, 6) is -0.529. The Morgan fingerprint density at radius 3 is 2.74 bits per heavy atom. The highest BCUT2D eigenvalue weighted by Crippen LogP contribution is 2.23. The van der Waals surface area contributed by atoms with E-state index in [4.69, 9.17) is 5.11 Å². The molecule has 0 aromatic carbocycles. The van der Waals surface area contributed by atoms with Gasteiger partial charge in [-0.2, -0.15) is 0 Å². The average molecular weight is 281 g/mol. The minimum atomic E-state index is -0.990. The number of carbonyl (C=O) groups is 2. The van der Waals surface area contributed by atoms with Crippen LogP contribution in [0.4, 0.5) is 0 Å². The topological polar surface area (TPSA) is 66.4 Å². The van der Waals surface area contributed by atoms with Crippen LogP contribution in [0.1, 0.15) is 40.4 Å². The molecule has 0 radical (unpaired) electrons. The van der Waals surface area contributed by atoms with Crippen molar-refractivity contribution >= 4 is 29.3 Å². The van der Waals surface area contributed by atoms with Gasteiger partial charge in [-0.25, -0.2) is 4.79 Å². The van der Waals surface area contributed by atoms with Crippen LogP contribution in [0.25, 0.3) is 6.08 Å². The van der Waals surface area contributed by atoms with E-state index in [-0.39, 0.29) is 5.91 Å². The largest absolute Gasteiger partial charge is 0.478 e. The minimum absolute atomic E-state index is 0.0938. The molecule has 1 rings (SSSR count). The summed E-state index contributed by atoms with van der Waals surface area (Å²) in [5, 5.41) is 11.5. The Bertz CT molecular complexity index is 489. The standard InChI is InChI=1S/C14H19NO3S/c1-9(2)6-7-15-14(18)12-8-10(3)11(19-12)4-5-13(16)17/h4-5,8-9H,6-7H2,1-3H3,(H,15,18)(H,16,17). The van der Waals surface area contributed by atoms with Crippen LogP contribution in [0.3, 0.4) is 0 Å². The highest BCUT2D eigenvalue weighted by Gasteiger charge is 2.11. The Hall–Kier alpha value is -1.62. The highest BCUT2D eigenvalue weighted by atomic mass is 32.1. The van der Waals surface area contributed by atoms with E-state index in [1.54, 1.807) is 6.07 Å². The molecule has 1 amide bonds. The van der Waals surface area contributed by atoms with Gasteiger partial charge in [-0.15, -0.1) is 11.3 Å². The Morgan fingerprint density at radius 2 is 2.16 bits per heavy atom. The fourth-order valence-electron chi connectivity index (χ4n) is 1.48. The molecule has 0 unspecified atom stereocenters. The number of carbonyl (C=O) groups excluding carboxylic acids is 1. The second-order valence-electron chi connectivity index (χ2n) is 4.77. The summed E-state index contributed by atoms with van der Waals surface area (Å²) in [7, 11) is 0. The molecule has 0 fully saturated rings. The van der Waals surface area contributed by atoms with Crippen molar-refractivity contribution in [1.29, 1.82) is 0 Å². The van der Waals surface area contributed by atoms with Crippen LogP contribution < -0.4 is 5.32 Å². The molecule has 1 aromatic rings. The number of hydrogen-bond acceptors (Lipinski definition) is 3. The molecule has 0 aliphatic rings. The maximum Gasteiger partial charge on any atom is 0.328 e. The molecule has 0 atom stereocenters. The highest BCUT2D eigenvalue weighted by molar-refractivity contribution is 7.15. The fourth-order valence-corrected chi connectivity index (χ4v) is 2.48. The van der Waals surface area contributed by atoms with Gasteiger partial charge in [0.2, 0.25) is 0 Å². The summed E-state index contributed by atoms with van der Waals surface area (Å²) < 4.78 is 0. The van der Waals surface area contributed by atoms with Gasteiger partial charge in [0.1, 0.15) is 0 Å². The molecule has 5 heteroatoms. The zero-order chi connectivity index (χ0) is 14.4. The number of hydrogen-bond donors (Lipinski definition) is 2. The number of rotatable bonds is 6. The molecule has 4 nitrogen and oxygen atoms in total. The van der Waals surface area contributed by atoms with Crippen LogP contribution in [0.15, 0.2) is 12.1 Å². The molecule has 0 aliphatic carbocycles. The maximum absolute atomic E-state index is 11.9. The Balaban J connectivity index is 2.66. The predicted octanol–water partition coefficient (Wildman–Crippen LogP) is 2.93. The number of amides is 1. The van der Waals surface area contributed by atoms with Gasteiger partial charge in [0, 0.05) is 17.5 Å². The van der Waals surface area contributed by atoms with Crippen molar-refractivity contribution in [3.63, 3.8) is 0 Å². The second-order valence-corrected chi connectivity index (χ2v) is 5.85. The van der Waals surface area contributed by atoms with Crippen LogP contribution in [0.5, 0.6) is 0 Å². The first-order valence-electron chi connectivity index (χ1n) is 6.19. The number of carboxylic acids is 1. The molecule has 1 heterocycles. The minimum Gasteiger partial charge on any atom is -0.478 e. The Kier molecular flexibility index (Phi) is 5.76. The second kappa shape index (κ2) is 7.09. The third-order valence-electron chi connectivity index (χ3n) is 2.56. The van der Waals surface area contributed by atoms with E-state index >= 15 is 0 Å². The van der Waals surface area contributed by atoms with Crippen molar-refractivity contribution < 1.29 is 14.7 Å². The SMILES string of the molecule is Cc1cc(C(=O)NCCC(C)C)sc1C=CC(=O)O. The molecule has 0 aliphatic heterocycles. The van der Waals surface area contributed by atoms with E-state index in [0.29, 0.717) is 17.3 Å². The Labute approximate surface area is 117 Å². The van der Waals surface area contributed by atoms with E-state index in [2.05, 4.69) is 19.2 Å². The van der Waals surface area contributed by atoms with Crippen LogP contribution in [0.2, 0.25) is 0 Å². The summed E-state index contributed by atoms with van der Waals surface area (Å²) in [6.45, 7) is 6.74. The maximum atomic E-state index is 11.9. The number of thiophene rings is 1. The summed E-state index contributed by atoms with van der Waals surface area (Å²) >= 11 is 1.31. The molecule has 0 saturated heterocycles. The lowest BCUT2D eigenvalue weighted by Gasteiger charge is -2.05. The third-order valence-corrected chi connectivity index (χ3v) is 3.77. The van der Waals surface area contributed by atoms with E-state index in [1.165, 1.54) is 17.4 Å². The van der Waals surface area contributed by atoms with Crippen molar-refractivity contribution in [3.05, 3.63) is 27.5 Å². The molecule has 2 N–H and O–H groups in total. The van der Waals surface area contributed by atoms with Gasteiger partial charge in [0.15, 0.2) is 0 Å². The summed E-state index contributed by atoms with van der Waals surface area (Å²) in [6.07, 6.45) is 3.55. The van der Waals surface area contributed by atoms with Crippen molar-refractivity contribution in [1.82, 2.24) is 5.32 Å². The van der Waals surface area contributed by atoms with Crippen molar-refractivity contribution in [2.24, 2.45) is 5.92 Å². The van der Waals surface area contributed by atoms with Crippen molar-refractivity contribution in [2.75, 3.05) is 6.54 Å². The zero-order valence-corrected chi connectivity index (χ0v) is 12.2. The molecular formula is C14H19NO3S. The first-order chi connectivity index (χ1) is 8.90. The average Bonchev–Trinajstić information content (AvgIpc) is 2.67. The van der Waals surface area contributed by atoms with Crippen LogP contribution in [0, 0.1) is 12.8 Å². The Morgan fingerprint density at radius 1 is 1.47 bits per heavy atom. The molecular weight excluding hydrogens is 262 g/mol. The molecule has 104 valence electrons. The van der Waals surface area contributed by atoms with Gasteiger partial charge in [0.25, 0.3) is 5.91 Å². The summed E-state index contributed by atoms with van der Waals surface area (Å²) in [6, 6.07) is 1.79. The lowest BCUT2D eigenvalue weighted by Crippen LogP contribution is -2.24. The van der Waals surface area contributed by atoms with Crippen LogP contribution >= 0.6 is 11.3 Å². The van der Waals surface area contributed by atoms with Crippen molar-refractivity contribution in [3.8, 4) is 0 Å². The van der Waals surface area contributed by atoms with Crippen molar-refractivity contribution in [2.45, 2.75) is 27.2 Å². The van der Waals surface area contributed by atoms with E-state index < -0.39 is 5.97 Å². The fraction of sp³-hybridized carbons (Fsp3) is 0.429. The monoisotopic (exact) mass is 281 g/mol. The van der Waals surface area contributed by atoms with Gasteiger partial charge in [0.05, 0.1) is 4.88 Å². The van der Waals surface area contributed by atoms with Gasteiger partial charge in [-0.05, 0) is 37.0 Å². The zero-order valence-electron chi connectivity index (χ0n) is 11.4. The van der Waals surface area contributed by atoms with E-state index in [9.17, 15) is 9.59 Å². The molecule has 0 bridgehead atoms. The summed E-state index contributed by atoms with van der Waals surface area (Å²) in [5.41, 5.74) is 0.913. The normalized spacial score (nSPS) is 11.2. The lowest BCUT2D eigenvalue weighted by atomic mass is 10.1. The molecule has 0 spiro atoms. The number of carboxylic acid groups (broad SMARTS) is 1. The number of aliphatic carboxylic acids is 1. The molecule has 1 aromatic heterocycles. The van der Waals surface area contributed by atoms with E-state index in [0.717, 1.165) is 22.9 Å². The predicted molar refractivity (Wildman–Crippen MR) is 77.5 cm³/mol. The van der Waals surface area contributed by atoms with Gasteiger partial charge in [-0.1, -0.05) is 13.8 Å². The van der Waals surface area contributed by atoms with Crippen LogP contribution in [-0.4, -0.2) is 23.5 Å². The van der Waals surface area contributed by atoms with Gasteiger partial charge < -0.3 is 10.4 Å². The van der Waals surface area contributed by atoms with Gasteiger partial charge in [-0.3, -0.25) is 4.79 Å². The summed E-state index contributed by atoms with van der Waals surface area (Å²) in [4.78, 5) is 23.8. The number of aryl methyl sites for hydroxylation is 1. The molecule has 19 heavy (non-hydrogen) atoms. The smallest absolute Gasteiger partial charge is 0.328 e. The van der Waals surface area contributed by atoms with E-state index in [1.807, 2.05) is 6.92 Å². The first-order valence-corrected chi connectivity index (χ1v) is 7.01.